The minimum absolute atomic E-state index is 0.187. The Morgan fingerprint density at radius 1 is 0.862 bits per heavy atom. The molecule has 174 valence electrons. The first-order valence-corrected chi connectivity index (χ1v) is 13.6. The molecule has 15 heteroatoms. The summed E-state index contributed by atoms with van der Waals surface area (Å²) in [5, 5.41) is 21.7. The summed E-state index contributed by atoms with van der Waals surface area (Å²) in [6.07, 6.45) is 0. The van der Waals surface area contributed by atoms with Crippen molar-refractivity contribution in [3.63, 3.8) is 0 Å². The van der Waals surface area contributed by atoms with Crippen LogP contribution in [0.3, 0.4) is 0 Å². The van der Waals surface area contributed by atoms with E-state index in [2.05, 4.69) is 20.1 Å². The molecule has 0 heterocycles. The molecule has 0 aromatic rings. The number of nitrogens with one attached hydrogen (secondary N) is 4. The average Bonchev–Trinajstić information content (AvgIpc) is 2.70. The number of hydrogen-bond acceptors (Lipinski definition) is 8. The van der Waals surface area contributed by atoms with Crippen LogP contribution in [0, 0.1) is 0 Å². The van der Waals surface area contributed by atoms with E-state index in [-0.39, 0.29) is 13.2 Å². The van der Waals surface area contributed by atoms with Gasteiger partial charge < -0.3 is 41.8 Å². The Morgan fingerprint density at radius 3 is 1.31 bits per heavy atom. The molecule has 6 N–H and O–H groups in total. The van der Waals surface area contributed by atoms with Gasteiger partial charge in [0, 0.05) is 0 Å². The van der Waals surface area contributed by atoms with Gasteiger partial charge in [-0.1, -0.05) is 13.1 Å². The molecule has 0 aliphatic carbocycles. The molecule has 0 radical (unpaired) electrons. The van der Waals surface area contributed by atoms with Gasteiger partial charge in [-0.3, -0.25) is 9.59 Å². The number of aliphatic hydroxyl groups excluding tert-OH is 2. The summed E-state index contributed by atoms with van der Waals surface area (Å²) >= 11 is -0.472. The molecule has 0 bridgehead atoms. The predicted molar refractivity (Wildman–Crippen MR) is 101 cm³/mol. The molecule has 0 fully saturated rings. The average molecular weight is 644 g/mol. The number of hydrogen-bond donors (Lipinski definition) is 4. The third-order valence-corrected chi connectivity index (χ3v) is 2.50. The monoisotopic (exact) mass is 643 g/mol. The molecular weight excluding hydrogens is 618 g/mol. The fourth-order valence-electron chi connectivity index (χ4n) is 1.33. The van der Waals surface area contributed by atoms with Crippen molar-refractivity contribution in [1.29, 1.82) is 0 Å². The second-order valence-electron chi connectivity index (χ2n) is 4.51. The van der Waals surface area contributed by atoms with Crippen LogP contribution in [-0.4, -0.2) is 85.6 Å². The Labute approximate surface area is 185 Å². The van der Waals surface area contributed by atoms with Crippen LogP contribution < -0.4 is 10.6 Å². The summed E-state index contributed by atoms with van der Waals surface area (Å²) in [6, 6.07) is -2.12. The third kappa shape index (κ3) is 20.1. The van der Waals surface area contributed by atoms with E-state index in [0.29, 0.717) is 0 Å². The van der Waals surface area contributed by atoms with E-state index in [0.717, 1.165) is 0 Å². The van der Waals surface area contributed by atoms with Crippen molar-refractivity contribution in [1.82, 2.24) is 10.6 Å². The zero-order chi connectivity index (χ0) is 23.2. The Hall–Kier alpha value is -1.01. The van der Waals surface area contributed by atoms with Crippen molar-refractivity contribution in [2.24, 2.45) is 0 Å². The van der Waals surface area contributed by atoms with Gasteiger partial charge in [0.15, 0.2) is 11.8 Å². The summed E-state index contributed by atoms with van der Waals surface area (Å²) in [7, 11) is 9.75. The van der Waals surface area contributed by atoms with Gasteiger partial charge >= 0.3 is 47.3 Å². The number of esters is 2. The van der Waals surface area contributed by atoms with Gasteiger partial charge in [0.1, 0.15) is 12.1 Å². The van der Waals surface area contributed by atoms with E-state index < -0.39 is 78.6 Å². The van der Waals surface area contributed by atoms with Gasteiger partial charge in [0.05, 0.1) is 26.4 Å². The first-order chi connectivity index (χ1) is 13.7. The van der Waals surface area contributed by atoms with Gasteiger partial charge in [-0.2, -0.15) is 0 Å². The first-order valence-electron chi connectivity index (χ1n) is 7.97. The molecule has 0 aromatic carbocycles. The number of ether oxygens (including phenoxy) is 2. The molecule has 0 aromatic heterocycles. The number of carbonyl (C=O) groups is 4. The molecule has 0 rings (SSSR count). The Kier molecular flexibility index (Phi) is 26.2. The molecule has 0 saturated carbocycles. The maximum absolute atomic E-state index is 11.0. The predicted octanol–water partition coefficient (Wildman–Crippen LogP) is -0.466. The fourth-order valence-corrected chi connectivity index (χ4v) is 1.33. The standard InChI is InChI=1S/2C7H13N2O4.2ClH.Pt/c2*1-2-13-7(12)5(4-10)9-6(11)3-8;;;/h2*5,8,10H,2-4H2,1H3,(H,9,11);2*1H;/q2*-1;;;+4/p-2. The topological polar surface area (TPSA) is 199 Å². The molecule has 2 atom stereocenters. The quantitative estimate of drug-likeness (QED) is 0.229. The molecule has 0 aliphatic rings. The molecule has 0 aliphatic heterocycles. The number of aliphatic hydroxyl groups is 2. The Morgan fingerprint density at radius 2 is 1.14 bits per heavy atom. The van der Waals surface area contributed by atoms with E-state index in [1.54, 1.807) is 13.8 Å². The van der Waals surface area contributed by atoms with Crippen molar-refractivity contribution >= 4 is 42.6 Å². The van der Waals surface area contributed by atoms with Crippen LogP contribution in [-0.2, 0) is 45.1 Å². The van der Waals surface area contributed by atoms with Crippen molar-refractivity contribution in [2.75, 3.05) is 39.5 Å². The van der Waals surface area contributed by atoms with Crippen LogP contribution in [0.5, 0.6) is 0 Å². The van der Waals surface area contributed by atoms with Crippen LogP contribution in [0.25, 0.3) is 11.5 Å². The normalized spacial score (nSPS) is 11.4. The summed E-state index contributed by atoms with van der Waals surface area (Å²) in [4.78, 5) is 43.3. The molecule has 12 nitrogen and oxygen atoms in total. The van der Waals surface area contributed by atoms with Crippen molar-refractivity contribution in [3.8, 4) is 0 Å². The van der Waals surface area contributed by atoms with E-state index in [1.807, 2.05) is 0 Å². The number of amides is 2. The van der Waals surface area contributed by atoms with Crippen molar-refractivity contribution in [3.05, 3.63) is 11.5 Å². The fraction of sp³-hybridized carbons (Fsp3) is 0.714. The molecule has 2 amide bonds. The number of rotatable bonds is 10. The second-order valence-corrected chi connectivity index (χ2v) is 7.79. The number of halogens is 2. The van der Waals surface area contributed by atoms with E-state index in [9.17, 15) is 19.2 Å². The van der Waals surface area contributed by atoms with Gasteiger partial charge in [0.2, 0.25) is 0 Å². The van der Waals surface area contributed by atoms with Crippen molar-refractivity contribution in [2.45, 2.75) is 25.9 Å². The van der Waals surface area contributed by atoms with Gasteiger partial charge in [-0.25, -0.2) is 9.59 Å². The maximum atomic E-state index is 11.0. The Bertz CT molecular complexity index is 437. The van der Waals surface area contributed by atoms with E-state index >= 15 is 0 Å². The van der Waals surface area contributed by atoms with Crippen LogP contribution >= 0.6 is 18.8 Å². The third-order valence-electron chi connectivity index (χ3n) is 2.50. The van der Waals surface area contributed by atoms with Crippen LogP contribution in [0.15, 0.2) is 0 Å². The summed E-state index contributed by atoms with van der Waals surface area (Å²) < 4.78 is 9.13. The van der Waals surface area contributed by atoms with Crippen LogP contribution in [0.1, 0.15) is 13.8 Å². The zero-order valence-electron chi connectivity index (χ0n) is 15.8. The van der Waals surface area contributed by atoms with Gasteiger partial charge in [-0.05, 0) is 13.8 Å². The van der Waals surface area contributed by atoms with Gasteiger partial charge in [0.25, 0.3) is 0 Å². The zero-order valence-corrected chi connectivity index (χ0v) is 19.6. The van der Waals surface area contributed by atoms with Crippen molar-refractivity contribution < 1.29 is 55.3 Å². The molecule has 0 saturated heterocycles. The van der Waals surface area contributed by atoms with Gasteiger partial charge in [-0.15, -0.1) is 0 Å². The van der Waals surface area contributed by atoms with E-state index in [1.165, 1.54) is 0 Å². The summed E-state index contributed by atoms with van der Waals surface area (Å²) in [6.45, 7) is 1.62. The summed E-state index contributed by atoms with van der Waals surface area (Å²) in [5.74, 6) is -2.61. The van der Waals surface area contributed by atoms with Crippen LogP contribution in [0.4, 0.5) is 0 Å². The number of carbonyl (C=O) groups excluding carboxylic acids is 4. The van der Waals surface area contributed by atoms with E-state index in [4.69, 9.17) is 40.5 Å². The first kappa shape index (κ1) is 32.6. The second kappa shape index (κ2) is 23.3. The SMILES string of the molecule is CCOC(=O)C(CO)NC(=O)C[NH-].CCOC(=O)C(CO)NC(=O)C[NH-].[Cl][Pt+2][Cl]. The minimum atomic E-state index is -1.06. The molecule has 0 spiro atoms. The molecular formula is C14H26Cl2N4O8Pt. The molecule has 2 unspecified atom stereocenters. The Balaban J connectivity index is -0.000000410. The molecule has 29 heavy (non-hydrogen) atoms. The summed E-state index contributed by atoms with van der Waals surface area (Å²) in [5.41, 5.74) is 13.3. The van der Waals surface area contributed by atoms with Crippen LogP contribution in [0.2, 0.25) is 0 Å².